The molecular formula is C10H14N2S. The largest absolute Gasteiger partial charge is 0.357 e. The van der Waals surface area contributed by atoms with Gasteiger partial charge in [0.2, 0.25) is 0 Å². The van der Waals surface area contributed by atoms with E-state index in [2.05, 4.69) is 34.6 Å². The van der Waals surface area contributed by atoms with Crippen LogP contribution in [0.4, 0.5) is 5.82 Å². The van der Waals surface area contributed by atoms with Crippen LogP contribution in [0.2, 0.25) is 0 Å². The molecule has 2 rings (SSSR count). The lowest BCUT2D eigenvalue weighted by Crippen LogP contribution is -2.18. The summed E-state index contributed by atoms with van der Waals surface area (Å²) < 4.78 is 0. The molecule has 0 aliphatic carbocycles. The topological polar surface area (TPSA) is 16.1 Å². The maximum absolute atomic E-state index is 4.41. The summed E-state index contributed by atoms with van der Waals surface area (Å²) in [6, 6.07) is 4.20. The molecule has 0 bridgehead atoms. The van der Waals surface area contributed by atoms with Crippen LogP contribution in [0.5, 0.6) is 0 Å². The molecule has 0 radical (unpaired) electrons. The average molecular weight is 194 g/mol. The monoisotopic (exact) mass is 194 g/mol. The van der Waals surface area contributed by atoms with Crippen molar-refractivity contribution in [3.8, 4) is 0 Å². The van der Waals surface area contributed by atoms with Crippen LogP contribution in [-0.2, 0) is 5.75 Å². The molecule has 2 heterocycles. The zero-order valence-corrected chi connectivity index (χ0v) is 8.50. The van der Waals surface area contributed by atoms with Gasteiger partial charge in [0.05, 0.1) is 0 Å². The molecule has 1 aliphatic heterocycles. The second kappa shape index (κ2) is 4.01. The van der Waals surface area contributed by atoms with E-state index in [0.29, 0.717) is 0 Å². The Morgan fingerprint density at radius 3 is 2.62 bits per heavy atom. The molecule has 1 saturated heterocycles. The highest BCUT2D eigenvalue weighted by molar-refractivity contribution is 7.79. The summed E-state index contributed by atoms with van der Waals surface area (Å²) in [5, 5.41) is 0. The summed E-state index contributed by atoms with van der Waals surface area (Å²) in [4.78, 5) is 6.74. The van der Waals surface area contributed by atoms with E-state index in [1.807, 2.05) is 6.20 Å². The molecule has 1 aliphatic rings. The van der Waals surface area contributed by atoms with E-state index >= 15 is 0 Å². The van der Waals surface area contributed by atoms with Gasteiger partial charge in [-0.3, -0.25) is 0 Å². The van der Waals surface area contributed by atoms with Gasteiger partial charge in [0, 0.05) is 25.0 Å². The first-order valence-corrected chi connectivity index (χ1v) is 5.34. The Morgan fingerprint density at radius 1 is 1.31 bits per heavy atom. The molecule has 2 nitrogen and oxygen atoms in total. The second-order valence-electron chi connectivity index (χ2n) is 3.38. The van der Waals surface area contributed by atoms with Gasteiger partial charge in [-0.15, -0.1) is 0 Å². The SMILES string of the molecule is SCc1ccc(N2CCCC2)nc1. The van der Waals surface area contributed by atoms with Gasteiger partial charge in [-0.05, 0) is 24.5 Å². The van der Waals surface area contributed by atoms with Gasteiger partial charge in [0.25, 0.3) is 0 Å². The molecule has 1 fully saturated rings. The summed E-state index contributed by atoms with van der Waals surface area (Å²) in [6.07, 6.45) is 4.52. The Balaban J connectivity index is 2.12. The van der Waals surface area contributed by atoms with Crippen molar-refractivity contribution in [3.05, 3.63) is 23.9 Å². The smallest absolute Gasteiger partial charge is 0.128 e. The number of pyridine rings is 1. The Kier molecular flexibility index (Phi) is 2.74. The van der Waals surface area contributed by atoms with Gasteiger partial charge in [-0.1, -0.05) is 6.07 Å². The molecule has 0 saturated carbocycles. The summed E-state index contributed by atoms with van der Waals surface area (Å²) in [6.45, 7) is 2.32. The summed E-state index contributed by atoms with van der Waals surface area (Å²) in [5.41, 5.74) is 1.19. The number of hydrogen-bond donors (Lipinski definition) is 1. The number of aromatic nitrogens is 1. The summed E-state index contributed by atoms with van der Waals surface area (Å²) in [5.74, 6) is 1.89. The minimum Gasteiger partial charge on any atom is -0.357 e. The van der Waals surface area contributed by atoms with Crippen molar-refractivity contribution in [2.75, 3.05) is 18.0 Å². The molecule has 70 valence electrons. The zero-order chi connectivity index (χ0) is 9.10. The number of thiol groups is 1. The normalized spacial score (nSPS) is 16.5. The maximum atomic E-state index is 4.41. The predicted octanol–water partition coefficient (Wildman–Crippen LogP) is 2.11. The van der Waals surface area contributed by atoms with Crippen LogP contribution < -0.4 is 4.90 Å². The first kappa shape index (κ1) is 8.88. The van der Waals surface area contributed by atoms with Gasteiger partial charge < -0.3 is 4.90 Å². The van der Waals surface area contributed by atoms with E-state index in [4.69, 9.17) is 0 Å². The van der Waals surface area contributed by atoms with Crippen LogP contribution in [0, 0.1) is 0 Å². The van der Waals surface area contributed by atoms with Crippen molar-refractivity contribution in [2.45, 2.75) is 18.6 Å². The molecule has 0 N–H and O–H groups in total. The van der Waals surface area contributed by atoms with Gasteiger partial charge in [-0.25, -0.2) is 4.98 Å². The van der Waals surface area contributed by atoms with Crippen LogP contribution in [0.25, 0.3) is 0 Å². The van der Waals surface area contributed by atoms with E-state index in [1.165, 1.54) is 18.4 Å². The van der Waals surface area contributed by atoms with E-state index in [9.17, 15) is 0 Å². The molecule has 3 heteroatoms. The van der Waals surface area contributed by atoms with Crippen LogP contribution in [0.3, 0.4) is 0 Å². The molecule has 0 aromatic carbocycles. The standard InChI is InChI=1S/C10H14N2S/c13-8-9-3-4-10(11-7-9)12-5-1-2-6-12/h3-4,7,13H,1-2,5-6,8H2. The minimum absolute atomic E-state index is 0.771. The Hall–Kier alpha value is -0.700. The second-order valence-corrected chi connectivity index (χ2v) is 3.69. The number of anilines is 1. The summed E-state index contributed by atoms with van der Waals surface area (Å²) >= 11 is 4.20. The maximum Gasteiger partial charge on any atom is 0.128 e. The lowest BCUT2D eigenvalue weighted by atomic mass is 10.3. The third kappa shape index (κ3) is 1.97. The van der Waals surface area contributed by atoms with Crippen LogP contribution >= 0.6 is 12.6 Å². The first-order valence-electron chi connectivity index (χ1n) is 4.71. The highest BCUT2D eigenvalue weighted by atomic mass is 32.1. The lowest BCUT2D eigenvalue weighted by molar-refractivity contribution is 0.935. The van der Waals surface area contributed by atoms with Crippen molar-refractivity contribution < 1.29 is 0 Å². The van der Waals surface area contributed by atoms with Gasteiger partial charge in [-0.2, -0.15) is 12.6 Å². The Bertz CT molecular complexity index is 265. The fraction of sp³-hybridized carbons (Fsp3) is 0.500. The highest BCUT2D eigenvalue weighted by Gasteiger charge is 2.12. The molecule has 0 atom stereocenters. The van der Waals surface area contributed by atoms with Crippen molar-refractivity contribution in [1.29, 1.82) is 0 Å². The third-order valence-electron chi connectivity index (χ3n) is 2.42. The van der Waals surface area contributed by atoms with E-state index in [1.54, 1.807) is 0 Å². The van der Waals surface area contributed by atoms with Crippen LogP contribution in [-0.4, -0.2) is 18.1 Å². The van der Waals surface area contributed by atoms with Crippen molar-refractivity contribution in [3.63, 3.8) is 0 Å². The molecule has 1 aromatic rings. The number of nitrogens with zero attached hydrogens (tertiary/aromatic N) is 2. The fourth-order valence-corrected chi connectivity index (χ4v) is 1.83. The Morgan fingerprint density at radius 2 is 2.08 bits per heavy atom. The van der Waals surface area contributed by atoms with Crippen molar-refractivity contribution in [1.82, 2.24) is 4.98 Å². The fourth-order valence-electron chi connectivity index (χ4n) is 1.64. The third-order valence-corrected chi connectivity index (χ3v) is 2.79. The Labute approximate surface area is 84.4 Å². The van der Waals surface area contributed by atoms with Crippen LogP contribution in [0.15, 0.2) is 18.3 Å². The molecule has 0 amide bonds. The van der Waals surface area contributed by atoms with E-state index in [-0.39, 0.29) is 0 Å². The van der Waals surface area contributed by atoms with E-state index < -0.39 is 0 Å². The minimum atomic E-state index is 0.771. The lowest BCUT2D eigenvalue weighted by Gasteiger charge is -2.15. The summed E-state index contributed by atoms with van der Waals surface area (Å²) in [7, 11) is 0. The first-order chi connectivity index (χ1) is 6.40. The number of rotatable bonds is 2. The highest BCUT2D eigenvalue weighted by Crippen LogP contribution is 2.17. The molecule has 1 aromatic heterocycles. The number of hydrogen-bond acceptors (Lipinski definition) is 3. The van der Waals surface area contributed by atoms with Gasteiger partial charge in [0.1, 0.15) is 5.82 Å². The molecule has 13 heavy (non-hydrogen) atoms. The van der Waals surface area contributed by atoms with Crippen molar-refractivity contribution in [2.24, 2.45) is 0 Å². The average Bonchev–Trinajstić information content (AvgIpc) is 2.71. The molecular weight excluding hydrogens is 180 g/mol. The quantitative estimate of drug-likeness (QED) is 0.726. The van der Waals surface area contributed by atoms with Crippen LogP contribution in [0.1, 0.15) is 18.4 Å². The van der Waals surface area contributed by atoms with E-state index in [0.717, 1.165) is 24.7 Å². The molecule has 0 unspecified atom stereocenters. The van der Waals surface area contributed by atoms with Gasteiger partial charge >= 0.3 is 0 Å². The van der Waals surface area contributed by atoms with Crippen molar-refractivity contribution >= 4 is 18.4 Å². The molecule has 0 spiro atoms. The zero-order valence-electron chi connectivity index (χ0n) is 7.61. The predicted molar refractivity (Wildman–Crippen MR) is 58.4 cm³/mol. The van der Waals surface area contributed by atoms with Gasteiger partial charge in [0.15, 0.2) is 0 Å².